The van der Waals surface area contributed by atoms with Crippen LogP contribution in [0.25, 0.3) is 0 Å². The number of hydrogen-bond acceptors (Lipinski definition) is 6. The first-order chi connectivity index (χ1) is 13.4. The Balaban J connectivity index is 1.57. The molecule has 1 aromatic carbocycles. The van der Waals surface area contributed by atoms with Gasteiger partial charge in [-0.15, -0.1) is 11.3 Å². The average molecular weight is 403 g/mol. The van der Waals surface area contributed by atoms with Gasteiger partial charge in [0.15, 0.2) is 6.61 Å². The van der Waals surface area contributed by atoms with Crippen molar-refractivity contribution in [2.24, 2.45) is 11.8 Å². The van der Waals surface area contributed by atoms with E-state index in [0.29, 0.717) is 36.2 Å². The van der Waals surface area contributed by atoms with Gasteiger partial charge in [-0.2, -0.15) is 0 Å². The summed E-state index contributed by atoms with van der Waals surface area (Å²) in [7, 11) is 0. The van der Waals surface area contributed by atoms with Crippen LogP contribution < -0.4 is 4.74 Å². The summed E-state index contributed by atoms with van der Waals surface area (Å²) in [4.78, 5) is 31.1. The van der Waals surface area contributed by atoms with Gasteiger partial charge in [0.2, 0.25) is 0 Å². The molecule has 1 aliphatic rings. The average Bonchev–Trinajstić information content (AvgIpc) is 3.09. The van der Waals surface area contributed by atoms with Crippen LogP contribution in [0.15, 0.2) is 29.6 Å². The predicted octanol–water partition coefficient (Wildman–Crippen LogP) is 3.69. The molecule has 2 atom stereocenters. The zero-order chi connectivity index (χ0) is 20.1. The van der Waals surface area contributed by atoms with Gasteiger partial charge in [-0.25, -0.2) is 9.78 Å². The Kier molecular flexibility index (Phi) is 6.67. The number of ether oxygens (including phenoxy) is 2. The quantitative estimate of drug-likeness (QED) is 0.689. The first kappa shape index (κ1) is 20.3. The molecule has 0 N–H and O–H groups in total. The van der Waals surface area contributed by atoms with Gasteiger partial charge < -0.3 is 14.4 Å². The van der Waals surface area contributed by atoms with E-state index in [2.05, 4.69) is 18.8 Å². The lowest BCUT2D eigenvalue weighted by Gasteiger charge is -2.34. The molecule has 0 aliphatic carbocycles. The smallest absolute Gasteiger partial charge is 0.342 e. The van der Waals surface area contributed by atoms with E-state index >= 15 is 0 Å². The van der Waals surface area contributed by atoms with Crippen molar-refractivity contribution in [2.75, 3.05) is 19.7 Å². The third-order valence-electron chi connectivity index (χ3n) is 4.70. The number of para-hydroxylation sites is 1. The highest BCUT2D eigenvalue weighted by Gasteiger charge is 2.26. The highest BCUT2D eigenvalue weighted by atomic mass is 32.1. The predicted molar refractivity (Wildman–Crippen MR) is 107 cm³/mol. The highest BCUT2D eigenvalue weighted by molar-refractivity contribution is 7.09. The number of rotatable bonds is 6. The van der Waals surface area contributed by atoms with Gasteiger partial charge in [0.1, 0.15) is 17.9 Å². The SMILES string of the molecule is Cc1nc(COc2ccccc2C(=O)OCC(=O)N2C[C@@H](C)C[C@H](C)C2)cs1. The molecule has 3 rings (SSSR count). The summed E-state index contributed by atoms with van der Waals surface area (Å²) in [5.74, 6) is 0.643. The fourth-order valence-corrected chi connectivity index (χ4v) is 4.15. The molecule has 2 aromatic rings. The number of amides is 1. The molecule has 1 aromatic heterocycles. The van der Waals surface area contributed by atoms with Crippen molar-refractivity contribution in [3.05, 3.63) is 45.9 Å². The molecular weight excluding hydrogens is 376 g/mol. The van der Waals surface area contributed by atoms with E-state index in [1.54, 1.807) is 40.5 Å². The van der Waals surface area contributed by atoms with Crippen molar-refractivity contribution < 1.29 is 19.1 Å². The Morgan fingerprint density at radius 2 is 1.93 bits per heavy atom. The minimum absolute atomic E-state index is 0.150. The third kappa shape index (κ3) is 5.32. The van der Waals surface area contributed by atoms with Crippen LogP contribution in [0.5, 0.6) is 5.75 Å². The van der Waals surface area contributed by atoms with Crippen molar-refractivity contribution in [1.82, 2.24) is 9.88 Å². The van der Waals surface area contributed by atoms with Gasteiger partial charge >= 0.3 is 5.97 Å². The summed E-state index contributed by atoms with van der Waals surface area (Å²) in [6, 6.07) is 6.89. The highest BCUT2D eigenvalue weighted by Crippen LogP contribution is 2.22. The first-order valence-electron chi connectivity index (χ1n) is 9.50. The van der Waals surface area contributed by atoms with Crippen LogP contribution in [-0.2, 0) is 16.1 Å². The number of aromatic nitrogens is 1. The molecule has 0 radical (unpaired) electrons. The monoisotopic (exact) mass is 402 g/mol. The van der Waals surface area contributed by atoms with Crippen LogP contribution in [-0.4, -0.2) is 41.5 Å². The number of esters is 1. The summed E-state index contributed by atoms with van der Waals surface area (Å²) >= 11 is 1.55. The lowest BCUT2D eigenvalue weighted by Crippen LogP contribution is -2.44. The molecule has 150 valence electrons. The number of benzene rings is 1. The van der Waals surface area contributed by atoms with Crippen LogP contribution in [0.1, 0.15) is 41.3 Å². The van der Waals surface area contributed by atoms with Gasteiger partial charge in [-0.3, -0.25) is 4.79 Å². The Morgan fingerprint density at radius 3 is 2.61 bits per heavy atom. The molecule has 7 heteroatoms. The number of aryl methyl sites for hydroxylation is 1. The fourth-order valence-electron chi connectivity index (χ4n) is 3.55. The van der Waals surface area contributed by atoms with E-state index in [1.165, 1.54) is 0 Å². The maximum Gasteiger partial charge on any atom is 0.342 e. The molecule has 28 heavy (non-hydrogen) atoms. The zero-order valence-corrected chi connectivity index (χ0v) is 17.3. The summed E-state index contributed by atoms with van der Waals surface area (Å²) in [6.45, 7) is 7.66. The van der Waals surface area contributed by atoms with Crippen LogP contribution in [0.4, 0.5) is 0 Å². The minimum Gasteiger partial charge on any atom is -0.486 e. The van der Waals surface area contributed by atoms with Crippen LogP contribution in [0, 0.1) is 18.8 Å². The summed E-state index contributed by atoms with van der Waals surface area (Å²) in [6.07, 6.45) is 1.12. The number of carbonyl (C=O) groups excluding carboxylic acids is 2. The van der Waals surface area contributed by atoms with E-state index in [1.807, 2.05) is 12.3 Å². The van der Waals surface area contributed by atoms with E-state index in [4.69, 9.17) is 9.47 Å². The van der Waals surface area contributed by atoms with Crippen molar-refractivity contribution in [3.63, 3.8) is 0 Å². The molecule has 2 heterocycles. The standard InChI is InChI=1S/C21H26N2O4S/c1-14-8-15(2)10-23(9-14)20(24)12-27-21(25)18-6-4-5-7-19(18)26-11-17-13-28-16(3)22-17/h4-7,13-15H,8-12H2,1-3H3/t14-,15-/m0/s1. The fraction of sp³-hybridized carbons (Fsp3) is 0.476. The lowest BCUT2D eigenvalue weighted by atomic mass is 9.92. The molecule has 1 aliphatic heterocycles. The second-order valence-electron chi connectivity index (χ2n) is 7.46. The van der Waals surface area contributed by atoms with E-state index in [-0.39, 0.29) is 19.1 Å². The van der Waals surface area contributed by atoms with Crippen LogP contribution >= 0.6 is 11.3 Å². The van der Waals surface area contributed by atoms with Gasteiger partial charge in [-0.05, 0) is 37.3 Å². The number of carbonyl (C=O) groups is 2. The molecule has 1 fully saturated rings. The van der Waals surface area contributed by atoms with Crippen LogP contribution in [0.2, 0.25) is 0 Å². The molecular formula is C21H26N2O4S. The maximum absolute atomic E-state index is 12.5. The van der Waals surface area contributed by atoms with E-state index < -0.39 is 5.97 Å². The van der Waals surface area contributed by atoms with Crippen molar-refractivity contribution in [1.29, 1.82) is 0 Å². The molecule has 0 spiro atoms. The molecule has 0 saturated carbocycles. The Bertz CT molecular complexity index is 825. The Morgan fingerprint density at radius 1 is 1.21 bits per heavy atom. The number of nitrogens with zero attached hydrogens (tertiary/aromatic N) is 2. The zero-order valence-electron chi connectivity index (χ0n) is 16.5. The van der Waals surface area contributed by atoms with E-state index in [9.17, 15) is 9.59 Å². The van der Waals surface area contributed by atoms with E-state index in [0.717, 1.165) is 17.1 Å². The second kappa shape index (κ2) is 9.19. The first-order valence-corrected chi connectivity index (χ1v) is 10.4. The molecule has 6 nitrogen and oxygen atoms in total. The van der Waals surface area contributed by atoms with Gasteiger partial charge in [0.05, 0.1) is 10.7 Å². The molecule has 1 saturated heterocycles. The van der Waals surface area contributed by atoms with Gasteiger partial charge in [-0.1, -0.05) is 26.0 Å². The molecule has 0 bridgehead atoms. The summed E-state index contributed by atoms with van der Waals surface area (Å²) in [5.41, 5.74) is 1.12. The largest absolute Gasteiger partial charge is 0.486 e. The lowest BCUT2D eigenvalue weighted by molar-refractivity contribution is -0.137. The number of piperidine rings is 1. The van der Waals surface area contributed by atoms with Crippen molar-refractivity contribution in [3.8, 4) is 5.75 Å². The molecule has 0 unspecified atom stereocenters. The van der Waals surface area contributed by atoms with Gasteiger partial charge in [0, 0.05) is 18.5 Å². The number of likely N-dealkylation sites (tertiary alicyclic amines) is 1. The third-order valence-corrected chi connectivity index (χ3v) is 5.52. The molecule has 1 amide bonds. The number of thiazole rings is 1. The Hall–Kier alpha value is -2.41. The van der Waals surface area contributed by atoms with Crippen molar-refractivity contribution >= 4 is 23.2 Å². The summed E-state index contributed by atoms with van der Waals surface area (Å²) < 4.78 is 11.0. The normalized spacial score (nSPS) is 19.3. The van der Waals surface area contributed by atoms with Gasteiger partial charge in [0.25, 0.3) is 5.91 Å². The van der Waals surface area contributed by atoms with Crippen LogP contribution in [0.3, 0.4) is 0 Å². The minimum atomic E-state index is -0.559. The maximum atomic E-state index is 12.5. The number of hydrogen-bond donors (Lipinski definition) is 0. The Labute approximate surface area is 169 Å². The second-order valence-corrected chi connectivity index (χ2v) is 8.53. The van der Waals surface area contributed by atoms with Crippen molar-refractivity contribution in [2.45, 2.75) is 33.8 Å². The topological polar surface area (TPSA) is 68.7 Å². The summed E-state index contributed by atoms with van der Waals surface area (Å²) in [5, 5.41) is 2.89.